The number of rotatable bonds is 2. The van der Waals surface area contributed by atoms with Gasteiger partial charge in [-0.05, 0) is 38.0 Å². The van der Waals surface area contributed by atoms with Gasteiger partial charge >= 0.3 is 5.97 Å². The van der Waals surface area contributed by atoms with Gasteiger partial charge in [-0.15, -0.1) is 0 Å². The molecule has 5 fully saturated rings. The maximum Gasteiger partial charge on any atom is 0.310 e. The molecular formula is C19H30O6. The van der Waals surface area contributed by atoms with E-state index in [9.17, 15) is 4.79 Å². The summed E-state index contributed by atoms with van der Waals surface area (Å²) in [6.45, 7) is 9.93. The van der Waals surface area contributed by atoms with E-state index in [0.717, 1.165) is 25.7 Å². The van der Waals surface area contributed by atoms with E-state index < -0.39 is 24.0 Å². The van der Waals surface area contributed by atoms with Crippen LogP contribution in [0.5, 0.6) is 0 Å². The lowest BCUT2D eigenvalue weighted by molar-refractivity contribution is -0.576. The number of ether oxygens (including phenoxy) is 3. The Bertz CT molecular complexity index is 550. The Morgan fingerprint density at radius 2 is 1.88 bits per heavy atom. The van der Waals surface area contributed by atoms with E-state index in [2.05, 4.69) is 13.8 Å². The molecule has 25 heavy (non-hydrogen) atoms. The quantitative estimate of drug-likeness (QED) is 0.559. The lowest BCUT2D eigenvalue weighted by atomic mass is 9.58. The minimum atomic E-state index is -0.801. The van der Waals surface area contributed by atoms with Crippen molar-refractivity contribution in [3.63, 3.8) is 0 Å². The normalized spacial score (nSPS) is 51.8. The molecule has 0 aromatic heterocycles. The van der Waals surface area contributed by atoms with E-state index in [4.69, 9.17) is 24.0 Å². The van der Waals surface area contributed by atoms with E-state index >= 15 is 0 Å². The zero-order valence-electron chi connectivity index (χ0n) is 15.8. The van der Waals surface area contributed by atoms with Gasteiger partial charge in [0.05, 0.1) is 5.92 Å². The van der Waals surface area contributed by atoms with Crippen molar-refractivity contribution in [3.8, 4) is 0 Å². The summed E-state index contributed by atoms with van der Waals surface area (Å²) in [5, 5.41) is 0. The van der Waals surface area contributed by atoms with Gasteiger partial charge in [-0.2, -0.15) is 0 Å². The summed E-state index contributed by atoms with van der Waals surface area (Å²) in [5.74, 6) is -0.166. The van der Waals surface area contributed by atoms with Gasteiger partial charge in [0.15, 0.2) is 11.9 Å². The Morgan fingerprint density at radius 1 is 1.12 bits per heavy atom. The van der Waals surface area contributed by atoms with Crippen LogP contribution in [0.4, 0.5) is 0 Å². The third-order valence-corrected chi connectivity index (χ3v) is 6.80. The van der Waals surface area contributed by atoms with E-state index in [1.54, 1.807) is 0 Å². The number of carbonyl (C=O) groups is 1. The fraction of sp³-hybridized carbons (Fsp3) is 0.947. The van der Waals surface area contributed by atoms with Crippen molar-refractivity contribution in [2.24, 2.45) is 29.6 Å². The second-order valence-corrected chi connectivity index (χ2v) is 8.87. The Balaban J connectivity index is 1.68. The van der Waals surface area contributed by atoms with Crippen LogP contribution in [0.25, 0.3) is 0 Å². The Labute approximate surface area is 149 Å². The first-order valence-corrected chi connectivity index (χ1v) is 9.67. The largest absolute Gasteiger partial charge is 0.435 e. The number of esters is 1. The molecule has 0 N–H and O–H groups in total. The van der Waals surface area contributed by atoms with Crippen LogP contribution in [0.3, 0.4) is 0 Å². The van der Waals surface area contributed by atoms with Gasteiger partial charge < -0.3 is 14.2 Å². The van der Waals surface area contributed by atoms with Gasteiger partial charge in [0.1, 0.15) is 0 Å². The first-order valence-electron chi connectivity index (χ1n) is 9.67. The average Bonchev–Trinajstić information content (AvgIpc) is 2.78. The highest BCUT2D eigenvalue weighted by molar-refractivity contribution is 5.71. The molecule has 4 heterocycles. The molecule has 1 unspecified atom stereocenters. The summed E-state index contributed by atoms with van der Waals surface area (Å²) >= 11 is 0. The molecule has 2 bridgehead atoms. The Kier molecular flexibility index (Phi) is 4.19. The number of hydrogen-bond donors (Lipinski definition) is 0. The van der Waals surface area contributed by atoms with Crippen molar-refractivity contribution in [1.29, 1.82) is 0 Å². The topological polar surface area (TPSA) is 63.2 Å². The highest BCUT2D eigenvalue weighted by Gasteiger charge is 2.69. The van der Waals surface area contributed by atoms with Crippen molar-refractivity contribution >= 4 is 5.97 Å². The molecule has 1 aliphatic carbocycles. The first-order chi connectivity index (χ1) is 11.8. The first kappa shape index (κ1) is 17.7. The van der Waals surface area contributed by atoms with Crippen LogP contribution in [0.15, 0.2) is 0 Å². The molecule has 0 amide bonds. The summed E-state index contributed by atoms with van der Waals surface area (Å²) in [5.41, 5.74) is -0.603. The molecule has 1 saturated carbocycles. The predicted octanol–water partition coefficient (Wildman–Crippen LogP) is 3.39. The minimum absolute atomic E-state index is 0.0311. The van der Waals surface area contributed by atoms with Gasteiger partial charge in [0.25, 0.3) is 0 Å². The summed E-state index contributed by atoms with van der Waals surface area (Å²) in [7, 11) is 0. The molecule has 5 rings (SSSR count). The van der Waals surface area contributed by atoms with Gasteiger partial charge in [0, 0.05) is 18.3 Å². The van der Waals surface area contributed by atoms with E-state index in [1.807, 2.05) is 20.8 Å². The molecule has 0 radical (unpaired) electrons. The summed E-state index contributed by atoms with van der Waals surface area (Å²) in [6.07, 6.45) is 2.75. The lowest BCUT2D eigenvalue weighted by Crippen LogP contribution is -2.70. The summed E-state index contributed by atoms with van der Waals surface area (Å²) < 4.78 is 18.1. The predicted molar refractivity (Wildman–Crippen MR) is 87.8 cm³/mol. The zero-order valence-corrected chi connectivity index (χ0v) is 15.8. The molecule has 142 valence electrons. The second-order valence-electron chi connectivity index (χ2n) is 8.87. The second kappa shape index (κ2) is 5.91. The van der Waals surface area contributed by atoms with Gasteiger partial charge in [-0.25, -0.2) is 9.78 Å². The smallest absolute Gasteiger partial charge is 0.310 e. The van der Waals surface area contributed by atoms with Crippen LogP contribution in [0, 0.1) is 29.6 Å². The van der Waals surface area contributed by atoms with E-state index in [1.165, 1.54) is 0 Å². The number of hydrogen-bond acceptors (Lipinski definition) is 6. The number of fused-ring (bicyclic) bond motifs is 2. The fourth-order valence-corrected chi connectivity index (χ4v) is 5.26. The van der Waals surface area contributed by atoms with Crippen molar-refractivity contribution in [1.82, 2.24) is 0 Å². The van der Waals surface area contributed by atoms with E-state index in [-0.39, 0.29) is 23.7 Å². The monoisotopic (exact) mass is 354 g/mol. The SMILES string of the molecule is CC(C)C(=O)O[C@@H]1O[C@@H]2OC3(C)CC[C@H]4[C@H](C)CC[C@@H]([C@H]1C)[C@@]24OO3. The third kappa shape index (κ3) is 2.56. The maximum absolute atomic E-state index is 12.1. The van der Waals surface area contributed by atoms with Crippen LogP contribution in [-0.2, 0) is 28.8 Å². The third-order valence-electron chi connectivity index (χ3n) is 6.80. The molecule has 8 atom stereocenters. The maximum atomic E-state index is 12.1. The fourth-order valence-electron chi connectivity index (χ4n) is 5.26. The van der Waals surface area contributed by atoms with Crippen molar-refractivity contribution in [3.05, 3.63) is 0 Å². The van der Waals surface area contributed by atoms with Crippen LogP contribution >= 0.6 is 0 Å². The molecular weight excluding hydrogens is 324 g/mol. The molecule has 4 saturated heterocycles. The number of carbonyl (C=O) groups excluding carboxylic acids is 1. The van der Waals surface area contributed by atoms with Crippen LogP contribution < -0.4 is 0 Å². The van der Waals surface area contributed by atoms with Gasteiger partial charge in [-0.3, -0.25) is 4.79 Å². The van der Waals surface area contributed by atoms with Gasteiger partial charge in [0.2, 0.25) is 12.1 Å². The van der Waals surface area contributed by atoms with E-state index in [0.29, 0.717) is 11.8 Å². The molecule has 4 aliphatic heterocycles. The standard InChI is InChI=1S/C19H30O6/c1-10(2)15(20)21-16-12(4)14-7-6-11(3)13-8-9-18(5)23-17(22-16)19(13,14)25-24-18/h10-14,16-17H,6-9H2,1-5H3/t11-,12-,13+,14+,16-,17-,18?,19-/m1/s1. The molecule has 5 aliphatic rings. The minimum Gasteiger partial charge on any atom is -0.435 e. The van der Waals surface area contributed by atoms with Crippen molar-refractivity contribution in [2.75, 3.05) is 0 Å². The van der Waals surface area contributed by atoms with Crippen LogP contribution in [0.2, 0.25) is 0 Å². The molecule has 6 heteroatoms. The highest BCUT2D eigenvalue weighted by Crippen LogP contribution is 2.60. The summed E-state index contributed by atoms with van der Waals surface area (Å²) in [4.78, 5) is 24.0. The molecule has 1 spiro atoms. The van der Waals surface area contributed by atoms with Crippen molar-refractivity contribution in [2.45, 2.75) is 84.3 Å². The van der Waals surface area contributed by atoms with Crippen LogP contribution in [0.1, 0.15) is 60.3 Å². The average molecular weight is 354 g/mol. The Hall–Kier alpha value is -0.690. The Morgan fingerprint density at radius 3 is 2.60 bits per heavy atom. The van der Waals surface area contributed by atoms with Crippen LogP contribution in [-0.4, -0.2) is 29.9 Å². The van der Waals surface area contributed by atoms with Gasteiger partial charge in [-0.1, -0.05) is 27.7 Å². The van der Waals surface area contributed by atoms with Crippen molar-refractivity contribution < 1.29 is 28.8 Å². The molecule has 6 nitrogen and oxygen atoms in total. The summed E-state index contributed by atoms with van der Waals surface area (Å²) in [6, 6.07) is 0. The molecule has 0 aromatic rings. The zero-order chi connectivity index (χ0) is 18.0. The molecule has 0 aromatic carbocycles. The highest BCUT2D eigenvalue weighted by atomic mass is 17.3. The lowest BCUT2D eigenvalue weighted by Gasteiger charge is -2.59.